The van der Waals surface area contributed by atoms with Crippen LogP contribution in [0, 0.1) is 0 Å². The summed E-state index contributed by atoms with van der Waals surface area (Å²) in [7, 11) is 0. The summed E-state index contributed by atoms with van der Waals surface area (Å²) in [6.45, 7) is 0. The van der Waals surface area contributed by atoms with Gasteiger partial charge in [0.05, 0.1) is 0 Å². The number of carbonyl (C=O) groups excluding carboxylic acids is 1. The molecule has 0 spiro atoms. The van der Waals surface area contributed by atoms with Gasteiger partial charge in [-0.05, 0) is 24.3 Å². The molecule has 0 aliphatic rings. The van der Waals surface area contributed by atoms with Crippen molar-refractivity contribution in [2.75, 3.05) is 10.6 Å². The Bertz CT molecular complexity index is 467. The molecule has 0 saturated carbocycles. The van der Waals surface area contributed by atoms with Gasteiger partial charge in [0, 0.05) is 16.2 Å². The number of amides is 2. The van der Waals surface area contributed by atoms with E-state index in [9.17, 15) is 4.79 Å². The lowest BCUT2D eigenvalue weighted by Gasteiger charge is -2.04. The fourth-order valence-corrected chi connectivity index (χ4v) is 1.35. The number of rotatable bonds is 2. The van der Waals surface area contributed by atoms with Crippen LogP contribution in [0.3, 0.4) is 0 Å². The Morgan fingerprint density at radius 2 is 1.94 bits per heavy atom. The zero-order valence-corrected chi connectivity index (χ0v) is 9.69. The first-order valence-corrected chi connectivity index (χ1v) is 5.27. The minimum atomic E-state index is -0.365. The monoisotopic (exact) mass is 281 g/mol. The molecule has 0 unspecified atom stereocenters. The van der Waals surface area contributed by atoms with Gasteiger partial charge in [0.2, 0.25) is 0 Å². The molecule has 1 aromatic heterocycles. The summed E-state index contributed by atoms with van der Waals surface area (Å²) in [6.07, 6.45) is 1.38. The van der Waals surface area contributed by atoms with Gasteiger partial charge in [-0.25, -0.2) is 4.79 Å². The van der Waals surface area contributed by atoms with Gasteiger partial charge >= 0.3 is 6.03 Å². The van der Waals surface area contributed by atoms with Gasteiger partial charge in [0.25, 0.3) is 0 Å². The van der Waals surface area contributed by atoms with E-state index in [1.54, 1.807) is 18.2 Å². The normalized spacial score (nSPS) is 9.81. The number of hydrogen-bond acceptors (Lipinski definition) is 3. The maximum absolute atomic E-state index is 11.4. The summed E-state index contributed by atoms with van der Waals surface area (Å²) >= 11 is 3.31. The van der Waals surface area contributed by atoms with Crippen LogP contribution in [0.2, 0.25) is 0 Å². The van der Waals surface area contributed by atoms with Crippen LogP contribution in [0.15, 0.2) is 45.6 Å². The quantitative estimate of drug-likeness (QED) is 0.889. The van der Waals surface area contributed by atoms with Crippen LogP contribution in [0.4, 0.5) is 16.3 Å². The van der Waals surface area contributed by atoms with Crippen molar-refractivity contribution in [1.82, 2.24) is 5.16 Å². The molecule has 1 aromatic carbocycles. The molecule has 2 N–H and O–H groups in total. The lowest BCUT2D eigenvalue weighted by atomic mass is 10.3. The highest BCUT2D eigenvalue weighted by molar-refractivity contribution is 9.10. The number of anilines is 2. The van der Waals surface area contributed by atoms with Crippen LogP contribution < -0.4 is 10.6 Å². The second-order valence-electron chi connectivity index (χ2n) is 2.97. The lowest BCUT2D eigenvalue weighted by molar-refractivity contribution is 0.262. The molecule has 6 heteroatoms. The SMILES string of the molecule is O=C(Nc1ccc(Br)cc1)Nc1ccon1. The third-order valence-electron chi connectivity index (χ3n) is 1.78. The Labute approximate surface area is 99.9 Å². The highest BCUT2D eigenvalue weighted by atomic mass is 79.9. The Kier molecular flexibility index (Phi) is 3.21. The summed E-state index contributed by atoms with van der Waals surface area (Å²) in [5, 5.41) is 8.73. The predicted molar refractivity (Wildman–Crippen MR) is 63.3 cm³/mol. The smallest absolute Gasteiger partial charge is 0.324 e. The Balaban J connectivity index is 1.95. The summed E-state index contributed by atoms with van der Waals surface area (Å²) in [5.41, 5.74) is 0.698. The number of nitrogens with one attached hydrogen (secondary N) is 2. The van der Waals surface area contributed by atoms with Crippen molar-refractivity contribution in [3.05, 3.63) is 41.1 Å². The van der Waals surface area contributed by atoms with Crippen molar-refractivity contribution in [3.8, 4) is 0 Å². The minimum Gasteiger partial charge on any atom is -0.363 e. The summed E-state index contributed by atoms with van der Waals surface area (Å²) < 4.78 is 5.54. The van der Waals surface area contributed by atoms with Gasteiger partial charge in [-0.15, -0.1) is 0 Å². The van der Waals surface area contributed by atoms with Crippen LogP contribution in [0.25, 0.3) is 0 Å². The molecule has 0 saturated heterocycles. The number of hydrogen-bond donors (Lipinski definition) is 2. The molecule has 2 aromatic rings. The predicted octanol–water partition coefficient (Wildman–Crippen LogP) is 3.08. The van der Waals surface area contributed by atoms with E-state index in [4.69, 9.17) is 0 Å². The zero-order valence-electron chi connectivity index (χ0n) is 8.11. The first-order chi connectivity index (χ1) is 7.74. The standard InChI is InChI=1S/C10H8BrN3O2/c11-7-1-3-8(4-2-7)12-10(15)13-9-5-6-16-14-9/h1-6H,(H2,12,13,14,15). The minimum absolute atomic E-state index is 0.365. The van der Waals surface area contributed by atoms with Crippen molar-refractivity contribution in [3.63, 3.8) is 0 Å². The maximum atomic E-state index is 11.4. The summed E-state index contributed by atoms with van der Waals surface area (Å²) in [6, 6.07) is 8.44. The highest BCUT2D eigenvalue weighted by Crippen LogP contribution is 2.14. The van der Waals surface area contributed by atoms with Crippen molar-refractivity contribution >= 4 is 33.5 Å². The number of nitrogens with zero attached hydrogens (tertiary/aromatic N) is 1. The molecule has 82 valence electrons. The molecule has 2 amide bonds. The zero-order chi connectivity index (χ0) is 11.4. The maximum Gasteiger partial charge on any atom is 0.324 e. The molecule has 0 aliphatic carbocycles. The molecule has 0 bridgehead atoms. The average molecular weight is 282 g/mol. The Morgan fingerprint density at radius 1 is 1.19 bits per heavy atom. The number of carbonyl (C=O) groups is 1. The second kappa shape index (κ2) is 4.80. The van der Waals surface area contributed by atoms with E-state index < -0.39 is 0 Å². The molecule has 0 radical (unpaired) electrons. The Hall–Kier alpha value is -1.82. The van der Waals surface area contributed by atoms with E-state index in [0.29, 0.717) is 11.5 Å². The van der Waals surface area contributed by atoms with Crippen LogP contribution in [-0.2, 0) is 0 Å². The highest BCUT2D eigenvalue weighted by Gasteiger charge is 2.03. The van der Waals surface area contributed by atoms with Gasteiger partial charge in [-0.2, -0.15) is 0 Å². The van der Waals surface area contributed by atoms with Crippen molar-refractivity contribution < 1.29 is 9.32 Å². The van der Waals surface area contributed by atoms with Crippen LogP contribution in [0.1, 0.15) is 0 Å². The summed E-state index contributed by atoms with van der Waals surface area (Å²) in [5.74, 6) is 0.370. The Morgan fingerprint density at radius 3 is 2.56 bits per heavy atom. The fourth-order valence-electron chi connectivity index (χ4n) is 1.09. The van der Waals surface area contributed by atoms with Gasteiger partial charge in [0.1, 0.15) is 6.26 Å². The first kappa shape index (κ1) is 10.7. The van der Waals surface area contributed by atoms with E-state index in [0.717, 1.165) is 4.47 Å². The van der Waals surface area contributed by atoms with Crippen molar-refractivity contribution in [2.24, 2.45) is 0 Å². The van der Waals surface area contributed by atoms with Crippen LogP contribution in [-0.4, -0.2) is 11.2 Å². The topological polar surface area (TPSA) is 67.2 Å². The van der Waals surface area contributed by atoms with E-state index in [1.165, 1.54) is 6.26 Å². The van der Waals surface area contributed by atoms with E-state index in [-0.39, 0.29) is 6.03 Å². The third kappa shape index (κ3) is 2.83. The van der Waals surface area contributed by atoms with Crippen LogP contribution in [0.5, 0.6) is 0 Å². The lowest BCUT2D eigenvalue weighted by Crippen LogP contribution is -2.19. The molecule has 0 atom stereocenters. The van der Waals surface area contributed by atoms with Crippen molar-refractivity contribution in [2.45, 2.75) is 0 Å². The number of aromatic nitrogens is 1. The molecular weight excluding hydrogens is 274 g/mol. The second-order valence-corrected chi connectivity index (χ2v) is 3.89. The van der Waals surface area contributed by atoms with E-state index in [2.05, 4.69) is 36.2 Å². The molecule has 1 heterocycles. The van der Waals surface area contributed by atoms with Gasteiger partial charge < -0.3 is 9.84 Å². The van der Waals surface area contributed by atoms with Crippen LogP contribution >= 0.6 is 15.9 Å². The number of urea groups is 1. The first-order valence-electron chi connectivity index (χ1n) is 4.48. The summed E-state index contributed by atoms with van der Waals surface area (Å²) in [4.78, 5) is 11.4. The number of halogens is 1. The molecular formula is C10H8BrN3O2. The molecule has 2 rings (SSSR count). The molecule has 5 nitrogen and oxygen atoms in total. The van der Waals surface area contributed by atoms with E-state index in [1.807, 2.05) is 12.1 Å². The fraction of sp³-hybridized carbons (Fsp3) is 0. The number of benzene rings is 1. The van der Waals surface area contributed by atoms with Gasteiger partial charge in [-0.3, -0.25) is 5.32 Å². The van der Waals surface area contributed by atoms with E-state index >= 15 is 0 Å². The largest absolute Gasteiger partial charge is 0.363 e. The van der Waals surface area contributed by atoms with Gasteiger partial charge in [-0.1, -0.05) is 21.1 Å². The van der Waals surface area contributed by atoms with Gasteiger partial charge in [0.15, 0.2) is 5.82 Å². The van der Waals surface area contributed by atoms with Crippen molar-refractivity contribution in [1.29, 1.82) is 0 Å². The average Bonchev–Trinajstić information content (AvgIpc) is 2.74. The molecule has 16 heavy (non-hydrogen) atoms. The third-order valence-corrected chi connectivity index (χ3v) is 2.31. The molecule has 0 fully saturated rings. The molecule has 0 aliphatic heterocycles.